The summed E-state index contributed by atoms with van der Waals surface area (Å²) >= 11 is 0. The standard InChI is InChI=1S/C13H19N3O3/c1-10-9-15(4-3-5-19-10)12-6-11(14-2)7-13(8-12)16(17)18/h6-8,10,14H,3-5,9H2,1-2H3. The van der Waals surface area contributed by atoms with Crippen molar-refractivity contribution >= 4 is 17.1 Å². The molecule has 0 bridgehead atoms. The fourth-order valence-corrected chi connectivity index (χ4v) is 2.26. The molecule has 6 heteroatoms. The summed E-state index contributed by atoms with van der Waals surface area (Å²) in [6.07, 6.45) is 1.07. The van der Waals surface area contributed by atoms with Gasteiger partial charge in [0.2, 0.25) is 0 Å². The number of anilines is 2. The summed E-state index contributed by atoms with van der Waals surface area (Å²) in [7, 11) is 1.76. The van der Waals surface area contributed by atoms with Crippen LogP contribution in [-0.4, -0.2) is 37.8 Å². The Morgan fingerprint density at radius 1 is 1.47 bits per heavy atom. The number of nitro groups is 1. The maximum absolute atomic E-state index is 11.0. The maximum Gasteiger partial charge on any atom is 0.273 e. The Balaban J connectivity index is 2.31. The van der Waals surface area contributed by atoms with Crippen molar-refractivity contribution < 1.29 is 9.66 Å². The molecule has 1 aromatic carbocycles. The van der Waals surface area contributed by atoms with Crippen LogP contribution >= 0.6 is 0 Å². The lowest BCUT2D eigenvalue weighted by Gasteiger charge is -2.24. The zero-order valence-electron chi connectivity index (χ0n) is 11.3. The molecule has 0 radical (unpaired) electrons. The van der Waals surface area contributed by atoms with Crippen molar-refractivity contribution in [1.29, 1.82) is 0 Å². The zero-order chi connectivity index (χ0) is 13.8. The third-order valence-corrected chi connectivity index (χ3v) is 3.22. The first-order chi connectivity index (χ1) is 9.10. The highest BCUT2D eigenvalue weighted by Crippen LogP contribution is 2.28. The molecule has 1 N–H and O–H groups in total. The van der Waals surface area contributed by atoms with E-state index in [1.165, 1.54) is 0 Å². The molecule has 2 rings (SSSR count). The Morgan fingerprint density at radius 2 is 2.26 bits per heavy atom. The number of hydrogen-bond donors (Lipinski definition) is 1. The van der Waals surface area contributed by atoms with Crippen LogP contribution in [0.2, 0.25) is 0 Å². The van der Waals surface area contributed by atoms with E-state index in [0.29, 0.717) is 0 Å². The first-order valence-corrected chi connectivity index (χ1v) is 6.44. The Hall–Kier alpha value is -1.82. The minimum atomic E-state index is -0.359. The largest absolute Gasteiger partial charge is 0.388 e. The van der Waals surface area contributed by atoms with Crippen molar-refractivity contribution in [3.8, 4) is 0 Å². The smallest absolute Gasteiger partial charge is 0.273 e. The molecule has 0 spiro atoms. The first-order valence-electron chi connectivity index (χ1n) is 6.44. The quantitative estimate of drug-likeness (QED) is 0.670. The van der Waals surface area contributed by atoms with Gasteiger partial charge in [0.15, 0.2) is 0 Å². The lowest BCUT2D eigenvalue weighted by Crippen LogP contribution is -2.30. The molecule has 0 amide bonds. The van der Waals surface area contributed by atoms with Gasteiger partial charge < -0.3 is 15.0 Å². The van der Waals surface area contributed by atoms with Gasteiger partial charge in [0.1, 0.15) is 0 Å². The van der Waals surface area contributed by atoms with Gasteiger partial charge in [0.25, 0.3) is 5.69 Å². The lowest BCUT2D eigenvalue weighted by molar-refractivity contribution is -0.384. The second-order valence-corrected chi connectivity index (χ2v) is 4.73. The number of rotatable bonds is 3. The summed E-state index contributed by atoms with van der Waals surface area (Å²) in [4.78, 5) is 12.8. The van der Waals surface area contributed by atoms with Gasteiger partial charge in [-0.2, -0.15) is 0 Å². The van der Waals surface area contributed by atoms with Gasteiger partial charge in [0, 0.05) is 50.3 Å². The number of nitrogens with zero attached hydrogens (tertiary/aromatic N) is 2. The van der Waals surface area contributed by atoms with E-state index in [1.807, 2.05) is 13.0 Å². The van der Waals surface area contributed by atoms with Crippen LogP contribution in [0, 0.1) is 10.1 Å². The average Bonchev–Trinajstić information content (AvgIpc) is 2.62. The molecular formula is C13H19N3O3. The minimum Gasteiger partial charge on any atom is -0.388 e. The van der Waals surface area contributed by atoms with Crippen molar-refractivity contribution in [3.05, 3.63) is 28.3 Å². The Labute approximate surface area is 112 Å². The number of ether oxygens (including phenoxy) is 1. The van der Waals surface area contributed by atoms with Gasteiger partial charge in [-0.1, -0.05) is 0 Å². The minimum absolute atomic E-state index is 0.111. The maximum atomic E-state index is 11.0. The van der Waals surface area contributed by atoms with E-state index in [4.69, 9.17) is 4.74 Å². The number of benzene rings is 1. The molecule has 1 aromatic rings. The lowest BCUT2D eigenvalue weighted by atomic mass is 10.2. The van der Waals surface area contributed by atoms with Crippen LogP contribution in [0.4, 0.5) is 17.1 Å². The van der Waals surface area contributed by atoms with Crippen molar-refractivity contribution in [2.45, 2.75) is 19.4 Å². The van der Waals surface area contributed by atoms with E-state index in [-0.39, 0.29) is 16.7 Å². The van der Waals surface area contributed by atoms with Crippen LogP contribution in [0.1, 0.15) is 13.3 Å². The van der Waals surface area contributed by atoms with Gasteiger partial charge in [-0.05, 0) is 19.4 Å². The Kier molecular flexibility index (Phi) is 4.21. The monoisotopic (exact) mass is 265 g/mol. The number of non-ortho nitro benzene ring substituents is 1. The molecule has 104 valence electrons. The van der Waals surface area contributed by atoms with Crippen LogP contribution in [0.15, 0.2) is 18.2 Å². The fraction of sp³-hybridized carbons (Fsp3) is 0.538. The van der Waals surface area contributed by atoms with Gasteiger partial charge in [-0.25, -0.2) is 0 Å². The SMILES string of the molecule is CNc1cc(N2CCCOC(C)C2)cc([N+](=O)[O-])c1. The third kappa shape index (κ3) is 3.35. The van der Waals surface area contributed by atoms with Crippen molar-refractivity contribution in [1.82, 2.24) is 0 Å². The second kappa shape index (κ2) is 5.88. The molecule has 1 aliphatic rings. The van der Waals surface area contributed by atoms with Crippen molar-refractivity contribution in [2.24, 2.45) is 0 Å². The summed E-state index contributed by atoms with van der Waals surface area (Å²) in [5, 5.41) is 13.9. The second-order valence-electron chi connectivity index (χ2n) is 4.73. The van der Waals surface area contributed by atoms with Crippen LogP contribution < -0.4 is 10.2 Å². The van der Waals surface area contributed by atoms with E-state index >= 15 is 0 Å². The number of nitrogens with one attached hydrogen (secondary N) is 1. The molecule has 1 heterocycles. The van der Waals surface area contributed by atoms with Gasteiger partial charge in [-0.15, -0.1) is 0 Å². The van der Waals surface area contributed by atoms with E-state index in [0.717, 1.165) is 37.5 Å². The molecule has 19 heavy (non-hydrogen) atoms. The van der Waals surface area contributed by atoms with E-state index in [2.05, 4.69) is 10.2 Å². The van der Waals surface area contributed by atoms with E-state index in [1.54, 1.807) is 19.2 Å². The molecular weight excluding hydrogens is 246 g/mol. The van der Waals surface area contributed by atoms with Crippen LogP contribution in [0.25, 0.3) is 0 Å². The van der Waals surface area contributed by atoms with Gasteiger partial charge >= 0.3 is 0 Å². The van der Waals surface area contributed by atoms with Crippen LogP contribution in [0.3, 0.4) is 0 Å². The topological polar surface area (TPSA) is 67.6 Å². The molecule has 0 aromatic heterocycles. The molecule has 0 saturated carbocycles. The van der Waals surface area contributed by atoms with Crippen molar-refractivity contribution in [2.75, 3.05) is 37.0 Å². The van der Waals surface area contributed by atoms with E-state index in [9.17, 15) is 10.1 Å². The third-order valence-electron chi connectivity index (χ3n) is 3.22. The Morgan fingerprint density at radius 3 is 2.95 bits per heavy atom. The summed E-state index contributed by atoms with van der Waals surface area (Å²) in [5.41, 5.74) is 1.73. The summed E-state index contributed by atoms with van der Waals surface area (Å²) in [5.74, 6) is 0. The summed E-state index contributed by atoms with van der Waals surface area (Å²) < 4.78 is 5.60. The summed E-state index contributed by atoms with van der Waals surface area (Å²) in [6.45, 7) is 4.37. The molecule has 1 unspecified atom stereocenters. The number of hydrogen-bond acceptors (Lipinski definition) is 5. The van der Waals surface area contributed by atoms with Crippen LogP contribution in [-0.2, 0) is 4.74 Å². The highest BCUT2D eigenvalue weighted by atomic mass is 16.6. The van der Waals surface area contributed by atoms with Crippen molar-refractivity contribution in [3.63, 3.8) is 0 Å². The fourth-order valence-electron chi connectivity index (χ4n) is 2.26. The molecule has 6 nitrogen and oxygen atoms in total. The number of nitro benzene ring substituents is 1. The predicted molar refractivity (Wildman–Crippen MR) is 74.9 cm³/mol. The first kappa shape index (κ1) is 13.6. The molecule has 1 atom stereocenters. The molecule has 1 aliphatic heterocycles. The van der Waals surface area contributed by atoms with E-state index < -0.39 is 0 Å². The van der Waals surface area contributed by atoms with Gasteiger partial charge in [0.05, 0.1) is 11.0 Å². The summed E-state index contributed by atoms with van der Waals surface area (Å²) in [6, 6.07) is 5.10. The average molecular weight is 265 g/mol. The molecule has 0 aliphatic carbocycles. The normalized spacial score (nSPS) is 19.9. The Bertz CT molecular complexity index is 464. The van der Waals surface area contributed by atoms with Crippen LogP contribution in [0.5, 0.6) is 0 Å². The van der Waals surface area contributed by atoms with Gasteiger partial charge in [-0.3, -0.25) is 10.1 Å². The molecule has 1 fully saturated rings. The zero-order valence-corrected chi connectivity index (χ0v) is 11.3. The highest BCUT2D eigenvalue weighted by Gasteiger charge is 2.18. The highest BCUT2D eigenvalue weighted by molar-refractivity contribution is 5.64. The predicted octanol–water partition coefficient (Wildman–Crippen LogP) is 2.25. The molecule has 1 saturated heterocycles.